The van der Waals surface area contributed by atoms with E-state index >= 15 is 0 Å². The molecule has 1 aromatic rings. The van der Waals surface area contributed by atoms with Crippen molar-refractivity contribution in [3.8, 4) is 0 Å². The number of carboxylic acids is 1. The summed E-state index contributed by atoms with van der Waals surface area (Å²) in [6.07, 6.45) is 0. The van der Waals surface area contributed by atoms with Gasteiger partial charge in [0.1, 0.15) is 6.04 Å². The van der Waals surface area contributed by atoms with Gasteiger partial charge in [0.2, 0.25) is 0 Å². The summed E-state index contributed by atoms with van der Waals surface area (Å²) in [5.74, 6) is -0.110. The van der Waals surface area contributed by atoms with Crippen molar-refractivity contribution in [3.05, 3.63) is 22.4 Å². The summed E-state index contributed by atoms with van der Waals surface area (Å²) in [4.78, 5) is 10.6. The summed E-state index contributed by atoms with van der Waals surface area (Å²) in [7, 11) is 0. The molecule has 2 heterocycles. The standard InChI is InChI=1S/C8H9NO2S2/c10-8(11)6-4-13-7(9-6)5-1-2-12-3-5/h1-3,6-7,9H,4H2,(H,10,11)/t6-,7?/m1/s1. The van der Waals surface area contributed by atoms with Gasteiger partial charge in [-0.15, -0.1) is 11.8 Å². The second-order valence-corrected chi connectivity index (χ2v) is 4.75. The number of carbonyl (C=O) groups is 1. The number of aliphatic carboxylic acids is 1. The van der Waals surface area contributed by atoms with Crippen LogP contribution in [-0.4, -0.2) is 22.9 Å². The van der Waals surface area contributed by atoms with Crippen LogP contribution in [0.4, 0.5) is 0 Å². The molecule has 0 spiro atoms. The molecule has 1 aromatic heterocycles. The highest BCUT2D eigenvalue weighted by molar-refractivity contribution is 7.99. The summed E-state index contributed by atoms with van der Waals surface area (Å²) < 4.78 is 0. The number of hydrogen-bond acceptors (Lipinski definition) is 4. The van der Waals surface area contributed by atoms with Crippen molar-refractivity contribution < 1.29 is 9.90 Å². The number of rotatable bonds is 2. The monoisotopic (exact) mass is 215 g/mol. The Morgan fingerprint density at radius 2 is 2.54 bits per heavy atom. The van der Waals surface area contributed by atoms with Gasteiger partial charge in [-0.25, -0.2) is 0 Å². The van der Waals surface area contributed by atoms with Crippen LogP contribution in [0.15, 0.2) is 16.8 Å². The molecule has 1 saturated heterocycles. The maximum Gasteiger partial charge on any atom is 0.321 e. The second-order valence-electron chi connectivity index (χ2n) is 2.83. The van der Waals surface area contributed by atoms with E-state index in [1.807, 2.05) is 11.4 Å². The third-order valence-corrected chi connectivity index (χ3v) is 3.89. The molecule has 2 atom stereocenters. The van der Waals surface area contributed by atoms with Crippen LogP contribution in [0.2, 0.25) is 0 Å². The molecule has 13 heavy (non-hydrogen) atoms. The molecule has 0 radical (unpaired) electrons. The van der Waals surface area contributed by atoms with Crippen molar-refractivity contribution in [1.82, 2.24) is 5.32 Å². The van der Waals surface area contributed by atoms with E-state index in [0.717, 1.165) is 0 Å². The van der Waals surface area contributed by atoms with Crippen LogP contribution in [0.5, 0.6) is 0 Å². The van der Waals surface area contributed by atoms with Gasteiger partial charge in [-0.05, 0) is 22.4 Å². The third-order valence-electron chi connectivity index (χ3n) is 1.93. The van der Waals surface area contributed by atoms with Crippen LogP contribution in [0.25, 0.3) is 0 Å². The molecule has 1 aliphatic rings. The molecule has 0 aromatic carbocycles. The lowest BCUT2D eigenvalue weighted by Crippen LogP contribution is -2.33. The van der Waals surface area contributed by atoms with E-state index in [4.69, 9.17) is 5.11 Å². The maximum absolute atomic E-state index is 10.6. The van der Waals surface area contributed by atoms with Crippen LogP contribution >= 0.6 is 23.1 Å². The minimum atomic E-state index is -0.759. The Labute approximate surface area is 84.2 Å². The zero-order chi connectivity index (χ0) is 9.26. The van der Waals surface area contributed by atoms with Crippen LogP contribution in [0, 0.1) is 0 Å². The highest BCUT2D eigenvalue weighted by atomic mass is 32.2. The molecule has 70 valence electrons. The van der Waals surface area contributed by atoms with E-state index < -0.39 is 12.0 Å². The molecule has 0 saturated carbocycles. The van der Waals surface area contributed by atoms with Crippen LogP contribution in [-0.2, 0) is 4.79 Å². The molecule has 1 unspecified atom stereocenters. The molecule has 1 aliphatic heterocycles. The van der Waals surface area contributed by atoms with Gasteiger partial charge in [-0.1, -0.05) is 0 Å². The molecular formula is C8H9NO2S2. The second kappa shape index (κ2) is 3.69. The Kier molecular flexibility index (Phi) is 2.57. The van der Waals surface area contributed by atoms with Crippen molar-refractivity contribution >= 4 is 29.1 Å². The molecular weight excluding hydrogens is 206 g/mol. The Morgan fingerprint density at radius 3 is 3.08 bits per heavy atom. The summed E-state index contributed by atoms with van der Waals surface area (Å²) in [6.45, 7) is 0. The molecule has 5 heteroatoms. The quantitative estimate of drug-likeness (QED) is 0.785. The maximum atomic E-state index is 10.6. The molecule has 3 nitrogen and oxygen atoms in total. The van der Waals surface area contributed by atoms with Crippen molar-refractivity contribution in [2.45, 2.75) is 11.4 Å². The van der Waals surface area contributed by atoms with E-state index in [9.17, 15) is 4.79 Å². The van der Waals surface area contributed by atoms with E-state index in [2.05, 4.69) is 10.7 Å². The van der Waals surface area contributed by atoms with Gasteiger partial charge in [0.15, 0.2) is 0 Å². The van der Waals surface area contributed by atoms with Gasteiger partial charge in [0.25, 0.3) is 0 Å². The predicted molar refractivity (Wildman–Crippen MR) is 54.1 cm³/mol. The average molecular weight is 215 g/mol. The van der Waals surface area contributed by atoms with Gasteiger partial charge in [0.05, 0.1) is 5.37 Å². The van der Waals surface area contributed by atoms with Gasteiger partial charge >= 0.3 is 5.97 Å². The first-order chi connectivity index (χ1) is 6.27. The normalized spacial score (nSPS) is 27.7. The summed E-state index contributed by atoms with van der Waals surface area (Å²) in [5.41, 5.74) is 1.18. The molecule has 0 aliphatic carbocycles. The van der Waals surface area contributed by atoms with Crippen LogP contribution < -0.4 is 5.32 Å². The fraction of sp³-hybridized carbons (Fsp3) is 0.375. The highest BCUT2D eigenvalue weighted by Gasteiger charge is 2.30. The van der Waals surface area contributed by atoms with Gasteiger partial charge in [-0.3, -0.25) is 10.1 Å². The van der Waals surface area contributed by atoms with E-state index in [-0.39, 0.29) is 5.37 Å². The zero-order valence-corrected chi connectivity index (χ0v) is 8.40. The molecule has 2 N–H and O–H groups in total. The number of carboxylic acid groups (broad SMARTS) is 1. The Hall–Kier alpha value is -0.520. The number of thiophene rings is 1. The number of nitrogens with one attached hydrogen (secondary N) is 1. The van der Waals surface area contributed by atoms with Crippen LogP contribution in [0.1, 0.15) is 10.9 Å². The van der Waals surface area contributed by atoms with Crippen LogP contribution in [0.3, 0.4) is 0 Å². The van der Waals surface area contributed by atoms with Gasteiger partial charge < -0.3 is 5.11 Å². The lowest BCUT2D eigenvalue weighted by atomic mass is 10.3. The van der Waals surface area contributed by atoms with E-state index in [1.54, 1.807) is 23.1 Å². The smallest absolute Gasteiger partial charge is 0.321 e. The minimum Gasteiger partial charge on any atom is -0.480 e. The predicted octanol–water partition coefficient (Wildman–Crippen LogP) is 1.54. The Balaban J connectivity index is 2.03. The fourth-order valence-corrected chi connectivity index (χ4v) is 3.23. The Morgan fingerprint density at radius 1 is 1.69 bits per heavy atom. The fourth-order valence-electron chi connectivity index (χ4n) is 1.23. The first-order valence-electron chi connectivity index (χ1n) is 3.90. The summed E-state index contributed by atoms with van der Waals surface area (Å²) >= 11 is 3.29. The van der Waals surface area contributed by atoms with Crippen molar-refractivity contribution in [1.29, 1.82) is 0 Å². The van der Waals surface area contributed by atoms with Crippen molar-refractivity contribution in [2.24, 2.45) is 0 Å². The molecule has 0 amide bonds. The zero-order valence-electron chi connectivity index (χ0n) is 6.77. The average Bonchev–Trinajstić information content (AvgIpc) is 2.75. The Bertz CT molecular complexity index is 299. The van der Waals surface area contributed by atoms with E-state index in [0.29, 0.717) is 5.75 Å². The van der Waals surface area contributed by atoms with Crippen molar-refractivity contribution in [2.75, 3.05) is 5.75 Å². The largest absolute Gasteiger partial charge is 0.480 e. The summed E-state index contributed by atoms with van der Waals surface area (Å²) in [5, 5.41) is 16.0. The van der Waals surface area contributed by atoms with Gasteiger partial charge in [-0.2, -0.15) is 11.3 Å². The molecule has 2 rings (SSSR count). The highest BCUT2D eigenvalue weighted by Crippen LogP contribution is 2.33. The van der Waals surface area contributed by atoms with E-state index in [1.165, 1.54) is 5.56 Å². The topological polar surface area (TPSA) is 49.3 Å². The van der Waals surface area contributed by atoms with Gasteiger partial charge in [0, 0.05) is 5.75 Å². The third kappa shape index (κ3) is 1.87. The molecule has 1 fully saturated rings. The minimum absolute atomic E-state index is 0.160. The lowest BCUT2D eigenvalue weighted by Gasteiger charge is -2.08. The van der Waals surface area contributed by atoms with Crippen molar-refractivity contribution in [3.63, 3.8) is 0 Å². The molecule has 0 bridgehead atoms. The lowest BCUT2D eigenvalue weighted by molar-refractivity contribution is -0.138. The SMILES string of the molecule is O=C(O)[C@H]1CSC(c2ccsc2)N1. The number of thioether (sulfide) groups is 1. The first-order valence-corrected chi connectivity index (χ1v) is 5.89. The summed E-state index contributed by atoms with van der Waals surface area (Å²) in [6, 6.07) is 1.63. The first kappa shape index (κ1) is 9.05. The number of hydrogen-bond donors (Lipinski definition) is 2.